The van der Waals surface area contributed by atoms with Gasteiger partial charge in [-0.05, 0) is 44.1 Å². The van der Waals surface area contributed by atoms with Crippen molar-refractivity contribution in [3.8, 4) is 11.6 Å². The first-order chi connectivity index (χ1) is 15.2. The van der Waals surface area contributed by atoms with E-state index < -0.39 is 0 Å². The number of aryl methyl sites for hydroxylation is 1. The SMILES string of the molecule is Cc1cc2c(nc1N1CCC(Oc3ccc(OCCN4CCC4)nc3)CC1)CNC2=O. The van der Waals surface area contributed by atoms with E-state index in [2.05, 4.69) is 20.1 Å². The summed E-state index contributed by atoms with van der Waals surface area (Å²) in [5.74, 6) is 2.39. The lowest BCUT2D eigenvalue weighted by Crippen LogP contribution is -2.39. The molecule has 164 valence electrons. The molecule has 3 aliphatic rings. The van der Waals surface area contributed by atoms with Gasteiger partial charge in [-0.25, -0.2) is 9.97 Å². The van der Waals surface area contributed by atoms with Crippen molar-refractivity contribution in [2.75, 3.05) is 44.2 Å². The number of fused-ring (bicyclic) bond motifs is 1. The Labute approximate surface area is 182 Å². The molecule has 0 bridgehead atoms. The molecule has 0 unspecified atom stereocenters. The van der Waals surface area contributed by atoms with Gasteiger partial charge in [0.25, 0.3) is 5.91 Å². The molecule has 0 saturated carbocycles. The summed E-state index contributed by atoms with van der Waals surface area (Å²) in [5, 5.41) is 2.85. The monoisotopic (exact) mass is 423 g/mol. The summed E-state index contributed by atoms with van der Waals surface area (Å²) in [5.41, 5.74) is 2.60. The van der Waals surface area contributed by atoms with Gasteiger partial charge in [0.1, 0.15) is 24.3 Å². The van der Waals surface area contributed by atoms with Gasteiger partial charge < -0.3 is 19.7 Å². The standard InChI is InChI=1S/C23H29N5O3/c1-16-13-19-20(15-25-23(19)29)26-22(16)28-9-5-17(6-10-28)31-18-3-4-21(24-14-18)30-12-11-27-7-2-8-27/h3-4,13-14,17H,2,5-12,15H2,1H3,(H,25,29). The van der Waals surface area contributed by atoms with Gasteiger partial charge in [-0.15, -0.1) is 0 Å². The highest BCUT2D eigenvalue weighted by Crippen LogP contribution is 2.27. The number of carbonyl (C=O) groups is 1. The number of hydrogen-bond donors (Lipinski definition) is 1. The van der Waals surface area contributed by atoms with Crippen molar-refractivity contribution in [3.05, 3.63) is 41.2 Å². The van der Waals surface area contributed by atoms with Crippen molar-refractivity contribution in [3.63, 3.8) is 0 Å². The second kappa shape index (κ2) is 8.70. The average molecular weight is 424 g/mol. The van der Waals surface area contributed by atoms with E-state index in [0.717, 1.165) is 55.3 Å². The zero-order valence-corrected chi connectivity index (χ0v) is 18.0. The van der Waals surface area contributed by atoms with E-state index in [1.807, 2.05) is 25.1 Å². The maximum Gasteiger partial charge on any atom is 0.253 e. The Bertz CT molecular complexity index is 937. The molecule has 2 saturated heterocycles. The molecule has 2 fully saturated rings. The maximum atomic E-state index is 11.8. The number of nitrogens with one attached hydrogen (secondary N) is 1. The summed E-state index contributed by atoms with van der Waals surface area (Å²) in [6.45, 7) is 8.30. The molecule has 1 amide bonds. The van der Waals surface area contributed by atoms with E-state index in [4.69, 9.17) is 14.5 Å². The van der Waals surface area contributed by atoms with Gasteiger partial charge in [0.05, 0.1) is 24.0 Å². The lowest BCUT2D eigenvalue weighted by atomic mass is 10.1. The van der Waals surface area contributed by atoms with Crippen molar-refractivity contribution in [1.82, 2.24) is 20.2 Å². The third-order valence-electron chi connectivity index (χ3n) is 6.29. The van der Waals surface area contributed by atoms with Crippen LogP contribution in [0.1, 0.15) is 40.9 Å². The second-order valence-corrected chi connectivity index (χ2v) is 8.49. The number of anilines is 1. The molecule has 2 aromatic heterocycles. The summed E-state index contributed by atoms with van der Waals surface area (Å²) in [6, 6.07) is 5.78. The normalized spacial score (nSPS) is 19.0. The van der Waals surface area contributed by atoms with Crippen LogP contribution < -0.4 is 19.7 Å². The molecule has 8 heteroatoms. The quantitative estimate of drug-likeness (QED) is 0.731. The van der Waals surface area contributed by atoms with E-state index >= 15 is 0 Å². The lowest BCUT2D eigenvalue weighted by Gasteiger charge is -2.33. The number of ether oxygens (including phenoxy) is 2. The lowest BCUT2D eigenvalue weighted by molar-refractivity contribution is 0.0965. The number of nitrogens with zero attached hydrogens (tertiary/aromatic N) is 4. The first kappa shape index (κ1) is 20.1. The van der Waals surface area contributed by atoms with Crippen LogP contribution in [-0.4, -0.2) is 66.2 Å². The Morgan fingerprint density at radius 2 is 2.03 bits per heavy atom. The molecule has 0 aromatic carbocycles. The topological polar surface area (TPSA) is 79.8 Å². The predicted octanol–water partition coefficient (Wildman–Crippen LogP) is 2.16. The minimum atomic E-state index is -0.0228. The van der Waals surface area contributed by atoms with E-state index in [0.29, 0.717) is 24.6 Å². The van der Waals surface area contributed by atoms with Crippen LogP contribution in [0, 0.1) is 6.92 Å². The van der Waals surface area contributed by atoms with Gasteiger partial charge in [-0.2, -0.15) is 0 Å². The Hall–Kier alpha value is -2.87. The molecule has 0 radical (unpaired) electrons. The van der Waals surface area contributed by atoms with Crippen molar-refractivity contribution in [1.29, 1.82) is 0 Å². The highest BCUT2D eigenvalue weighted by molar-refractivity contribution is 5.98. The van der Waals surface area contributed by atoms with E-state index in [9.17, 15) is 4.79 Å². The minimum absolute atomic E-state index is 0.0228. The molecule has 0 aliphatic carbocycles. The van der Waals surface area contributed by atoms with Gasteiger partial charge in [-0.3, -0.25) is 9.69 Å². The highest BCUT2D eigenvalue weighted by Gasteiger charge is 2.26. The third kappa shape index (κ3) is 4.44. The Kier molecular flexibility index (Phi) is 5.63. The van der Waals surface area contributed by atoms with Crippen LogP contribution in [0.2, 0.25) is 0 Å². The Balaban J connectivity index is 1.11. The number of piperidine rings is 1. The molecule has 1 N–H and O–H groups in total. The molecule has 31 heavy (non-hydrogen) atoms. The van der Waals surface area contributed by atoms with Crippen LogP contribution in [0.5, 0.6) is 11.6 Å². The van der Waals surface area contributed by atoms with Gasteiger partial charge in [0.15, 0.2) is 0 Å². The second-order valence-electron chi connectivity index (χ2n) is 8.49. The van der Waals surface area contributed by atoms with Gasteiger partial charge in [-0.1, -0.05) is 0 Å². The van der Waals surface area contributed by atoms with Crippen molar-refractivity contribution in [2.24, 2.45) is 0 Å². The zero-order valence-electron chi connectivity index (χ0n) is 18.0. The summed E-state index contributed by atoms with van der Waals surface area (Å²) in [6.07, 6.45) is 5.05. The van der Waals surface area contributed by atoms with Crippen molar-refractivity contribution in [2.45, 2.75) is 38.8 Å². The number of likely N-dealkylation sites (tertiary alicyclic amines) is 1. The van der Waals surface area contributed by atoms with Gasteiger partial charge in [0, 0.05) is 38.5 Å². The zero-order chi connectivity index (χ0) is 21.2. The molecular weight excluding hydrogens is 394 g/mol. The van der Waals surface area contributed by atoms with Crippen LogP contribution in [0.4, 0.5) is 5.82 Å². The Morgan fingerprint density at radius 3 is 2.74 bits per heavy atom. The molecule has 3 aliphatic heterocycles. The minimum Gasteiger partial charge on any atom is -0.489 e. The summed E-state index contributed by atoms with van der Waals surface area (Å²) >= 11 is 0. The fraction of sp³-hybridized carbons (Fsp3) is 0.522. The highest BCUT2D eigenvalue weighted by atomic mass is 16.5. The number of carbonyl (C=O) groups excluding carboxylic acids is 1. The van der Waals surface area contributed by atoms with E-state index in [1.165, 1.54) is 19.5 Å². The molecule has 0 spiro atoms. The first-order valence-electron chi connectivity index (χ1n) is 11.2. The van der Waals surface area contributed by atoms with Gasteiger partial charge in [0.2, 0.25) is 5.88 Å². The summed E-state index contributed by atoms with van der Waals surface area (Å²) in [7, 11) is 0. The molecule has 5 heterocycles. The largest absolute Gasteiger partial charge is 0.489 e. The number of rotatable bonds is 7. The fourth-order valence-electron chi connectivity index (χ4n) is 4.34. The summed E-state index contributed by atoms with van der Waals surface area (Å²) < 4.78 is 11.9. The van der Waals surface area contributed by atoms with E-state index in [-0.39, 0.29) is 12.0 Å². The first-order valence-corrected chi connectivity index (χ1v) is 11.2. The van der Waals surface area contributed by atoms with Crippen LogP contribution >= 0.6 is 0 Å². The molecular formula is C23H29N5O3. The molecule has 2 aromatic rings. The molecule has 5 rings (SSSR count). The summed E-state index contributed by atoms with van der Waals surface area (Å²) in [4.78, 5) is 25.7. The smallest absolute Gasteiger partial charge is 0.253 e. The molecule has 8 nitrogen and oxygen atoms in total. The third-order valence-corrected chi connectivity index (χ3v) is 6.29. The predicted molar refractivity (Wildman–Crippen MR) is 117 cm³/mol. The van der Waals surface area contributed by atoms with Crippen LogP contribution in [-0.2, 0) is 6.54 Å². The van der Waals surface area contributed by atoms with Crippen LogP contribution in [0.25, 0.3) is 0 Å². The number of hydrogen-bond acceptors (Lipinski definition) is 7. The number of aromatic nitrogens is 2. The number of pyridine rings is 2. The number of amides is 1. The van der Waals surface area contributed by atoms with Crippen LogP contribution in [0.3, 0.4) is 0 Å². The van der Waals surface area contributed by atoms with Crippen LogP contribution in [0.15, 0.2) is 24.4 Å². The van der Waals surface area contributed by atoms with Gasteiger partial charge >= 0.3 is 0 Å². The average Bonchev–Trinajstić information content (AvgIpc) is 3.11. The Morgan fingerprint density at radius 1 is 1.19 bits per heavy atom. The van der Waals surface area contributed by atoms with Crippen molar-refractivity contribution < 1.29 is 14.3 Å². The maximum absolute atomic E-state index is 11.8. The molecule has 0 atom stereocenters. The fourth-order valence-corrected chi connectivity index (χ4v) is 4.34. The van der Waals surface area contributed by atoms with E-state index in [1.54, 1.807) is 6.20 Å². The van der Waals surface area contributed by atoms with Crippen molar-refractivity contribution >= 4 is 11.7 Å².